The van der Waals surface area contributed by atoms with Gasteiger partial charge in [0.15, 0.2) is 0 Å². The van der Waals surface area contributed by atoms with Gasteiger partial charge < -0.3 is 10.4 Å². The third-order valence-corrected chi connectivity index (χ3v) is 2.18. The lowest BCUT2D eigenvalue weighted by atomic mass is 10.1. The second-order valence-corrected chi connectivity index (χ2v) is 3.08. The number of pyridine rings is 1. The van der Waals surface area contributed by atoms with E-state index in [0.29, 0.717) is 5.69 Å². The summed E-state index contributed by atoms with van der Waals surface area (Å²) in [7, 11) is 1.60. The molecule has 1 unspecified atom stereocenters. The van der Waals surface area contributed by atoms with Crippen molar-refractivity contribution >= 4 is 35.6 Å². The summed E-state index contributed by atoms with van der Waals surface area (Å²) >= 11 is 4.90. The number of thiocarbonyl (C=S) groups is 1. The van der Waals surface area contributed by atoms with Gasteiger partial charge in [0.1, 0.15) is 5.92 Å². The van der Waals surface area contributed by atoms with Crippen LogP contribution in [0.5, 0.6) is 0 Å². The number of carboxylic acids is 1. The van der Waals surface area contributed by atoms with Crippen LogP contribution in [-0.4, -0.2) is 28.1 Å². The molecule has 0 saturated carbocycles. The smallest absolute Gasteiger partial charge is 0.319 e. The molecule has 0 radical (unpaired) electrons. The molecule has 82 valence electrons. The van der Waals surface area contributed by atoms with Crippen LogP contribution in [-0.2, 0) is 4.79 Å². The van der Waals surface area contributed by atoms with E-state index in [0.717, 1.165) is 0 Å². The average Bonchev–Trinajstić information content (AvgIpc) is 2.19. The Labute approximate surface area is 99.1 Å². The van der Waals surface area contributed by atoms with Gasteiger partial charge in [-0.1, -0.05) is 18.3 Å². The van der Waals surface area contributed by atoms with Crippen molar-refractivity contribution in [2.24, 2.45) is 0 Å². The highest BCUT2D eigenvalue weighted by Gasteiger charge is 2.24. The van der Waals surface area contributed by atoms with E-state index < -0.39 is 11.9 Å². The molecule has 0 amide bonds. The summed E-state index contributed by atoms with van der Waals surface area (Å²) < 4.78 is 0. The molecule has 0 spiro atoms. The fourth-order valence-electron chi connectivity index (χ4n) is 1.06. The Morgan fingerprint density at radius 1 is 1.60 bits per heavy atom. The van der Waals surface area contributed by atoms with Crippen molar-refractivity contribution in [2.75, 3.05) is 7.05 Å². The highest BCUT2D eigenvalue weighted by molar-refractivity contribution is 7.80. The molecule has 0 aliphatic heterocycles. The largest absolute Gasteiger partial charge is 0.480 e. The Bertz CT molecular complexity index is 345. The number of hydrogen-bond acceptors (Lipinski definition) is 3. The monoisotopic (exact) mass is 246 g/mol. The number of halogens is 1. The molecule has 0 bridgehead atoms. The molecule has 2 N–H and O–H groups in total. The number of aliphatic carboxylic acids is 1. The van der Waals surface area contributed by atoms with Crippen molar-refractivity contribution in [2.45, 2.75) is 5.92 Å². The lowest BCUT2D eigenvalue weighted by molar-refractivity contribution is -0.137. The van der Waals surface area contributed by atoms with Gasteiger partial charge in [0.2, 0.25) is 0 Å². The fourth-order valence-corrected chi connectivity index (χ4v) is 1.29. The number of likely N-dealkylation sites (N-methyl/N-ethyl adjacent to an activating group) is 1. The van der Waals surface area contributed by atoms with Crippen molar-refractivity contribution in [3.8, 4) is 0 Å². The van der Waals surface area contributed by atoms with Gasteiger partial charge in [0.25, 0.3) is 0 Å². The van der Waals surface area contributed by atoms with E-state index in [4.69, 9.17) is 17.3 Å². The molecular weight excluding hydrogens is 236 g/mol. The number of nitrogens with zero attached hydrogens (tertiary/aromatic N) is 1. The molecule has 0 fully saturated rings. The van der Waals surface area contributed by atoms with Crippen LogP contribution in [0.3, 0.4) is 0 Å². The Balaban J connectivity index is 0.00000196. The molecule has 1 rings (SSSR count). The Kier molecular flexibility index (Phi) is 5.81. The summed E-state index contributed by atoms with van der Waals surface area (Å²) in [6.45, 7) is 0. The van der Waals surface area contributed by atoms with Crippen LogP contribution in [0.1, 0.15) is 11.6 Å². The quantitative estimate of drug-likeness (QED) is 0.786. The first-order valence-corrected chi connectivity index (χ1v) is 4.43. The third-order valence-electron chi connectivity index (χ3n) is 1.74. The summed E-state index contributed by atoms with van der Waals surface area (Å²) in [6.07, 6.45) is 1.55. The number of carbonyl (C=O) groups is 1. The lowest BCUT2D eigenvalue weighted by Crippen LogP contribution is -2.30. The van der Waals surface area contributed by atoms with Gasteiger partial charge in [-0.25, -0.2) is 0 Å². The first kappa shape index (κ1) is 13.8. The van der Waals surface area contributed by atoms with E-state index in [2.05, 4.69) is 10.3 Å². The van der Waals surface area contributed by atoms with Gasteiger partial charge in [-0.05, 0) is 12.1 Å². The van der Waals surface area contributed by atoms with Crippen molar-refractivity contribution in [3.05, 3.63) is 30.1 Å². The van der Waals surface area contributed by atoms with Gasteiger partial charge in [0, 0.05) is 13.2 Å². The van der Waals surface area contributed by atoms with Gasteiger partial charge in [0.05, 0.1) is 10.7 Å². The third kappa shape index (κ3) is 3.45. The summed E-state index contributed by atoms with van der Waals surface area (Å²) in [6, 6.07) is 5.10. The van der Waals surface area contributed by atoms with E-state index in [1.807, 2.05) is 0 Å². The topological polar surface area (TPSA) is 62.2 Å². The van der Waals surface area contributed by atoms with Crippen LogP contribution >= 0.6 is 24.6 Å². The van der Waals surface area contributed by atoms with Crippen molar-refractivity contribution in [1.82, 2.24) is 10.3 Å². The van der Waals surface area contributed by atoms with Crippen molar-refractivity contribution in [3.63, 3.8) is 0 Å². The lowest BCUT2D eigenvalue weighted by Gasteiger charge is -2.12. The SMILES string of the molecule is CNC(=S)C(C(=O)O)c1ccccn1.Cl. The number of nitrogens with one attached hydrogen (secondary N) is 1. The van der Waals surface area contributed by atoms with Gasteiger partial charge in [-0.3, -0.25) is 9.78 Å². The van der Waals surface area contributed by atoms with Gasteiger partial charge in [-0.15, -0.1) is 12.4 Å². The first-order valence-electron chi connectivity index (χ1n) is 4.02. The summed E-state index contributed by atoms with van der Waals surface area (Å²) in [5.41, 5.74) is 0.444. The number of hydrogen-bond donors (Lipinski definition) is 2. The maximum absolute atomic E-state index is 10.9. The molecule has 4 nitrogen and oxygen atoms in total. The van der Waals surface area contributed by atoms with Crippen LogP contribution in [0.2, 0.25) is 0 Å². The summed E-state index contributed by atoms with van der Waals surface area (Å²) in [5, 5.41) is 11.6. The van der Waals surface area contributed by atoms with Crippen LogP contribution in [0.4, 0.5) is 0 Å². The second kappa shape index (κ2) is 6.31. The van der Waals surface area contributed by atoms with E-state index in [1.54, 1.807) is 31.4 Å². The Hall–Kier alpha value is -1.20. The maximum Gasteiger partial charge on any atom is 0.319 e. The highest BCUT2D eigenvalue weighted by Crippen LogP contribution is 2.13. The molecule has 0 aromatic carbocycles. The first-order chi connectivity index (χ1) is 6.66. The molecular formula is C9H11ClN2O2S. The summed E-state index contributed by atoms with van der Waals surface area (Å²) in [4.78, 5) is 15.2. The minimum atomic E-state index is -0.997. The van der Waals surface area contributed by atoms with Crippen molar-refractivity contribution < 1.29 is 9.90 Å². The molecule has 15 heavy (non-hydrogen) atoms. The predicted octanol–water partition coefficient (Wildman–Crippen LogP) is 1.22. The van der Waals surface area contributed by atoms with Crippen LogP contribution in [0.25, 0.3) is 0 Å². The fraction of sp³-hybridized carbons (Fsp3) is 0.222. The zero-order chi connectivity index (χ0) is 10.6. The van der Waals surface area contributed by atoms with Gasteiger partial charge in [-0.2, -0.15) is 0 Å². The minimum absolute atomic E-state index is 0. The van der Waals surface area contributed by atoms with Crippen LogP contribution in [0.15, 0.2) is 24.4 Å². The maximum atomic E-state index is 10.9. The molecule has 1 aromatic rings. The predicted molar refractivity (Wildman–Crippen MR) is 63.5 cm³/mol. The zero-order valence-corrected chi connectivity index (χ0v) is 9.64. The molecule has 1 atom stereocenters. The zero-order valence-electron chi connectivity index (χ0n) is 8.01. The molecule has 0 aliphatic rings. The van der Waals surface area contributed by atoms with E-state index in [9.17, 15) is 4.79 Å². The second-order valence-electron chi connectivity index (χ2n) is 2.64. The minimum Gasteiger partial charge on any atom is -0.480 e. The van der Waals surface area contributed by atoms with Crippen molar-refractivity contribution in [1.29, 1.82) is 0 Å². The van der Waals surface area contributed by atoms with E-state index in [-0.39, 0.29) is 17.4 Å². The molecule has 1 heterocycles. The highest BCUT2D eigenvalue weighted by atomic mass is 35.5. The summed E-state index contributed by atoms with van der Waals surface area (Å²) in [5.74, 6) is -1.86. The van der Waals surface area contributed by atoms with E-state index in [1.165, 1.54) is 0 Å². The molecule has 1 aromatic heterocycles. The van der Waals surface area contributed by atoms with Crippen LogP contribution < -0.4 is 5.32 Å². The standard InChI is InChI=1S/C9H10N2O2S.ClH/c1-10-8(14)7(9(12)13)6-4-2-3-5-11-6;/h2-5,7H,1H3,(H,10,14)(H,12,13);1H. The molecule has 0 aliphatic carbocycles. The number of carboxylic acid groups (broad SMARTS) is 1. The van der Waals surface area contributed by atoms with Gasteiger partial charge >= 0.3 is 5.97 Å². The average molecular weight is 247 g/mol. The normalized spacial score (nSPS) is 11.0. The Morgan fingerprint density at radius 3 is 2.67 bits per heavy atom. The van der Waals surface area contributed by atoms with Crippen LogP contribution in [0, 0.1) is 0 Å². The molecule has 6 heteroatoms. The Morgan fingerprint density at radius 2 is 2.27 bits per heavy atom. The van der Waals surface area contributed by atoms with E-state index >= 15 is 0 Å². The number of rotatable bonds is 3. The number of aromatic nitrogens is 1. The molecule has 0 saturated heterocycles.